The summed E-state index contributed by atoms with van der Waals surface area (Å²) in [7, 11) is 1.86. The Bertz CT molecular complexity index is 388. The summed E-state index contributed by atoms with van der Waals surface area (Å²) in [5.74, 6) is 2.85. The molecule has 2 rings (SSSR count). The third-order valence-corrected chi connectivity index (χ3v) is 3.76. The second-order valence-corrected chi connectivity index (χ2v) is 5.15. The summed E-state index contributed by atoms with van der Waals surface area (Å²) in [6, 6.07) is 1.91. The Labute approximate surface area is 114 Å². The number of aryl methyl sites for hydroxylation is 1. The molecule has 1 aliphatic carbocycles. The summed E-state index contributed by atoms with van der Waals surface area (Å²) in [5, 5.41) is 16.4. The molecule has 1 heterocycles. The molecule has 2 atom stereocenters. The summed E-state index contributed by atoms with van der Waals surface area (Å²) in [6.07, 6.45) is 5.04. The van der Waals surface area contributed by atoms with Crippen molar-refractivity contribution in [2.45, 2.75) is 45.1 Å². The van der Waals surface area contributed by atoms with E-state index >= 15 is 0 Å². The Morgan fingerprint density at radius 2 is 2.00 bits per heavy atom. The molecule has 0 saturated heterocycles. The quantitative estimate of drug-likeness (QED) is 0.759. The predicted octanol–water partition coefficient (Wildman–Crippen LogP) is 2.04. The topological polar surface area (TPSA) is 70.1 Å². The molecule has 2 unspecified atom stereocenters. The van der Waals surface area contributed by atoms with Crippen molar-refractivity contribution in [1.82, 2.24) is 9.97 Å². The molecular formula is C14H24N4O. The van der Waals surface area contributed by atoms with E-state index in [1.54, 1.807) is 0 Å². The molecule has 0 aliphatic heterocycles. The van der Waals surface area contributed by atoms with Gasteiger partial charge in [0, 0.05) is 32.0 Å². The van der Waals surface area contributed by atoms with Crippen LogP contribution in [-0.4, -0.2) is 34.8 Å². The van der Waals surface area contributed by atoms with Crippen LogP contribution in [0.4, 0.5) is 11.6 Å². The van der Waals surface area contributed by atoms with E-state index < -0.39 is 0 Å². The van der Waals surface area contributed by atoms with Crippen LogP contribution in [0.3, 0.4) is 0 Å². The highest BCUT2D eigenvalue weighted by Crippen LogP contribution is 2.24. The maximum Gasteiger partial charge on any atom is 0.132 e. The molecule has 5 nitrogen and oxygen atoms in total. The molecule has 3 N–H and O–H groups in total. The number of nitrogens with one attached hydrogen (secondary N) is 2. The van der Waals surface area contributed by atoms with Crippen molar-refractivity contribution >= 4 is 11.6 Å². The highest BCUT2D eigenvalue weighted by Gasteiger charge is 2.22. The molecule has 1 saturated carbocycles. The molecular weight excluding hydrogens is 240 g/mol. The van der Waals surface area contributed by atoms with Gasteiger partial charge in [-0.3, -0.25) is 0 Å². The Kier molecular flexibility index (Phi) is 4.96. The van der Waals surface area contributed by atoms with E-state index in [4.69, 9.17) is 0 Å². The molecule has 0 aromatic carbocycles. The minimum absolute atomic E-state index is 0.169. The van der Waals surface area contributed by atoms with Crippen molar-refractivity contribution in [3.63, 3.8) is 0 Å². The van der Waals surface area contributed by atoms with E-state index in [9.17, 15) is 5.11 Å². The first-order chi connectivity index (χ1) is 9.22. The van der Waals surface area contributed by atoms with E-state index in [-0.39, 0.29) is 6.10 Å². The van der Waals surface area contributed by atoms with Gasteiger partial charge in [-0.15, -0.1) is 0 Å². The number of hydrogen-bond acceptors (Lipinski definition) is 5. The average molecular weight is 264 g/mol. The minimum Gasteiger partial charge on any atom is -0.393 e. The van der Waals surface area contributed by atoms with Crippen molar-refractivity contribution in [3.8, 4) is 0 Å². The normalized spacial score (nSPS) is 23.1. The number of rotatable bonds is 5. The Morgan fingerprint density at radius 3 is 2.68 bits per heavy atom. The number of aliphatic hydroxyl groups is 1. The van der Waals surface area contributed by atoms with Gasteiger partial charge in [0.2, 0.25) is 0 Å². The first kappa shape index (κ1) is 14.1. The maximum absolute atomic E-state index is 9.96. The van der Waals surface area contributed by atoms with Crippen molar-refractivity contribution in [3.05, 3.63) is 11.9 Å². The number of hydrogen-bond donors (Lipinski definition) is 3. The number of nitrogens with zero attached hydrogens (tertiary/aromatic N) is 2. The van der Waals surface area contributed by atoms with Crippen molar-refractivity contribution in [2.75, 3.05) is 24.2 Å². The number of anilines is 2. The fourth-order valence-electron chi connectivity index (χ4n) is 2.54. The van der Waals surface area contributed by atoms with Crippen molar-refractivity contribution in [2.24, 2.45) is 5.92 Å². The summed E-state index contributed by atoms with van der Waals surface area (Å²) in [6.45, 7) is 2.83. The van der Waals surface area contributed by atoms with Crippen LogP contribution in [0.25, 0.3) is 0 Å². The Morgan fingerprint density at radius 1 is 1.26 bits per heavy atom. The lowest BCUT2D eigenvalue weighted by Gasteiger charge is -2.27. The zero-order valence-electron chi connectivity index (χ0n) is 11.8. The highest BCUT2D eigenvalue weighted by atomic mass is 16.3. The van der Waals surface area contributed by atoms with E-state index in [1.165, 1.54) is 6.42 Å². The van der Waals surface area contributed by atoms with Gasteiger partial charge in [-0.1, -0.05) is 19.8 Å². The van der Waals surface area contributed by atoms with Gasteiger partial charge >= 0.3 is 0 Å². The second-order valence-electron chi connectivity index (χ2n) is 5.15. The van der Waals surface area contributed by atoms with Crippen LogP contribution in [0.5, 0.6) is 0 Å². The fraction of sp³-hybridized carbons (Fsp3) is 0.714. The lowest BCUT2D eigenvalue weighted by atomic mass is 9.86. The van der Waals surface area contributed by atoms with Gasteiger partial charge < -0.3 is 15.7 Å². The molecule has 106 valence electrons. The summed E-state index contributed by atoms with van der Waals surface area (Å²) < 4.78 is 0. The molecule has 0 bridgehead atoms. The summed E-state index contributed by atoms with van der Waals surface area (Å²) >= 11 is 0. The van der Waals surface area contributed by atoms with E-state index in [1.807, 2.05) is 20.0 Å². The van der Waals surface area contributed by atoms with Gasteiger partial charge in [-0.25, -0.2) is 9.97 Å². The van der Waals surface area contributed by atoms with Crippen LogP contribution >= 0.6 is 0 Å². The van der Waals surface area contributed by atoms with Gasteiger partial charge in [-0.2, -0.15) is 0 Å². The summed E-state index contributed by atoms with van der Waals surface area (Å²) in [5.41, 5.74) is 0. The van der Waals surface area contributed by atoms with Crippen LogP contribution in [0.1, 0.15) is 38.4 Å². The standard InChI is InChI=1S/C14H24N4O/c1-3-12-17-13(15-2)8-14(18-12)16-9-10-6-4-5-7-11(10)19/h8,10-11,19H,3-7,9H2,1-2H3,(H2,15,16,17,18). The van der Waals surface area contributed by atoms with E-state index in [0.717, 1.165) is 49.7 Å². The monoisotopic (exact) mass is 264 g/mol. The smallest absolute Gasteiger partial charge is 0.132 e. The molecule has 0 spiro atoms. The Hall–Kier alpha value is -1.36. The van der Waals surface area contributed by atoms with Crippen LogP contribution < -0.4 is 10.6 Å². The highest BCUT2D eigenvalue weighted by molar-refractivity contribution is 5.47. The first-order valence-corrected chi connectivity index (χ1v) is 7.20. The van der Waals surface area contributed by atoms with Gasteiger partial charge in [0.1, 0.15) is 17.5 Å². The molecule has 0 radical (unpaired) electrons. The number of aromatic nitrogens is 2. The minimum atomic E-state index is -0.169. The number of aliphatic hydroxyl groups excluding tert-OH is 1. The Balaban J connectivity index is 1.98. The molecule has 5 heteroatoms. The largest absolute Gasteiger partial charge is 0.393 e. The first-order valence-electron chi connectivity index (χ1n) is 7.20. The molecule has 0 amide bonds. The van der Waals surface area contributed by atoms with Crippen LogP contribution in [0, 0.1) is 5.92 Å². The van der Waals surface area contributed by atoms with Crippen molar-refractivity contribution < 1.29 is 5.11 Å². The predicted molar refractivity (Wildman–Crippen MR) is 77.4 cm³/mol. The third-order valence-electron chi connectivity index (χ3n) is 3.76. The lowest BCUT2D eigenvalue weighted by molar-refractivity contribution is 0.0763. The molecule has 19 heavy (non-hydrogen) atoms. The molecule has 1 aliphatic rings. The zero-order chi connectivity index (χ0) is 13.7. The molecule has 1 aromatic heterocycles. The van der Waals surface area contributed by atoms with Gasteiger partial charge in [-0.05, 0) is 12.8 Å². The van der Waals surface area contributed by atoms with Crippen LogP contribution in [-0.2, 0) is 6.42 Å². The zero-order valence-corrected chi connectivity index (χ0v) is 11.8. The second kappa shape index (κ2) is 6.70. The van der Waals surface area contributed by atoms with Crippen LogP contribution in [0.2, 0.25) is 0 Å². The maximum atomic E-state index is 9.96. The molecule has 1 fully saturated rings. The van der Waals surface area contributed by atoms with Crippen molar-refractivity contribution in [1.29, 1.82) is 0 Å². The van der Waals surface area contributed by atoms with E-state index in [0.29, 0.717) is 5.92 Å². The average Bonchev–Trinajstić information content (AvgIpc) is 2.46. The van der Waals surface area contributed by atoms with E-state index in [2.05, 4.69) is 20.6 Å². The lowest BCUT2D eigenvalue weighted by Crippen LogP contribution is -2.30. The summed E-state index contributed by atoms with van der Waals surface area (Å²) in [4.78, 5) is 8.83. The van der Waals surface area contributed by atoms with Gasteiger partial charge in [0.25, 0.3) is 0 Å². The fourth-order valence-corrected chi connectivity index (χ4v) is 2.54. The molecule has 1 aromatic rings. The van der Waals surface area contributed by atoms with Crippen LogP contribution in [0.15, 0.2) is 6.07 Å². The van der Waals surface area contributed by atoms with Gasteiger partial charge in [0.05, 0.1) is 6.10 Å². The third kappa shape index (κ3) is 3.80. The van der Waals surface area contributed by atoms with Gasteiger partial charge in [0.15, 0.2) is 0 Å². The SMILES string of the molecule is CCc1nc(NC)cc(NCC2CCCCC2O)n1.